The van der Waals surface area contributed by atoms with E-state index in [0.29, 0.717) is 17.8 Å². The molecule has 0 aliphatic heterocycles. The van der Waals surface area contributed by atoms with Crippen LogP contribution in [0.1, 0.15) is 41.4 Å². The van der Waals surface area contributed by atoms with Crippen molar-refractivity contribution in [3.8, 4) is 5.75 Å². The summed E-state index contributed by atoms with van der Waals surface area (Å²) in [6, 6.07) is 5.64. The maximum absolute atomic E-state index is 11.7. The van der Waals surface area contributed by atoms with E-state index in [4.69, 9.17) is 4.74 Å². The molecule has 6 nitrogen and oxygen atoms in total. The van der Waals surface area contributed by atoms with Crippen molar-refractivity contribution in [1.29, 1.82) is 0 Å². The third-order valence-electron chi connectivity index (χ3n) is 4.41. The Balaban J connectivity index is 2.12. The van der Waals surface area contributed by atoms with Crippen molar-refractivity contribution in [3.63, 3.8) is 0 Å². The summed E-state index contributed by atoms with van der Waals surface area (Å²) >= 11 is 0. The minimum Gasteiger partial charge on any atom is -0.494 e. The first-order chi connectivity index (χ1) is 11.2. The van der Waals surface area contributed by atoms with Gasteiger partial charge in [-0.2, -0.15) is 0 Å². The molecule has 0 saturated heterocycles. The first-order valence-corrected chi connectivity index (χ1v) is 7.89. The van der Waals surface area contributed by atoms with Crippen LogP contribution in [-0.2, 0) is 12.8 Å². The number of ether oxygens (including phenoxy) is 1. The number of carboxylic acid groups (broad SMARTS) is 1. The first kappa shape index (κ1) is 14.0. The highest BCUT2D eigenvalue weighted by atomic mass is 16.5. The molecule has 0 fully saturated rings. The third-order valence-corrected chi connectivity index (χ3v) is 4.41. The standard InChI is InChI=1S/C17H17N3O3/c1-2-23-10-7-8-12-14(9-10)20-13-6-4-3-5-11(13)15(17(21)22)16(20)19-18-12/h7-9H,2-6H2,1H3,(H,21,22). The number of aromatic nitrogens is 3. The zero-order chi connectivity index (χ0) is 16.0. The second-order valence-corrected chi connectivity index (χ2v) is 5.76. The van der Waals surface area contributed by atoms with Crippen molar-refractivity contribution in [2.24, 2.45) is 0 Å². The van der Waals surface area contributed by atoms with Crippen molar-refractivity contribution in [2.45, 2.75) is 32.6 Å². The van der Waals surface area contributed by atoms with Crippen molar-refractivity contribution in [3.05, 3.63) is 35.0 Å². The minimum absolute atomic E-state index is 0.302. The van der Waals surface area contributed by atoms with E-state index in [1.165, 1.54) is 0 Å². The molecular formula is C17H17N3O3. The lowest BCUT2D eigenvalue weighted by Gasteiger charge is -2.13. The van der Waals surface area contributed by atoms with Gasteiger partial charge in [-0.25, -0.2) is 4.79 Å². The van der Waals surface area contributed by atoms with Gasteiger partial charge in [0.2, 0.25) is 0 Å². The van der Waals surface area contributed by atoms with Gasteiger partial charge in [0, 0.05) is 11.8 Å². The summed E-state index contributed by atoms with van der Waals surface area (Å²) in [6.45, 7) is 2.52. The predicted octanol–water partition coefficient (Wildman–Crippen LogP) is 2.86. The highest BCUT2D eigenvalue weighted by Crippen LogP contribution is 2.32. The fraction of sp³-hybridized carbons (Fsp3) is 0.353. The summed E-state index contributed by atoms with van der Waals surface area (Å²) in [5.74, 6) is -0.176. The Morgan fingerprint density at radius 2 is 2.13 bits per heavy atom. The number of carboxylic acids is 1. The SMILES string of the molecule is CCOc1ccc2nnc3c(C(=O)O)c4c(n3c2c1)CCCC4. The number of fused-ring (bicyclic) bond motifs is 5. The van der Waals surface area contributed by atoms with Crippen molar-refractivity contribution in [2.75, 3.05) is 6.61 Å². The smallest absolute Gasteiger partial charge is 0.339 e. The van der Waals surface area contributed by atoms with Gasteiger partial charge in [-0.1, -0.05) is 0 Å². The molecule has 3 aromatic rings. The van der Waals surface area contributed by atoms with Crippen molar-refractivity contribution < 1.29 is 14.6 Å². The summed E-state index contributed by atoms with van der Waals surface area (Å²) < 4.78 is 7.54. The number of carbonyl (C=O) groups is 1. The number of hydrogen-bond acceptors (Lipinski definition) is 4. The van der Waals surface area contributed by atoms with E-state index in [-0.39, 0.29) is 0 Å². The molecular weight excluding hydrogens is 294 g/mol. The highest BCUT2D eigenvalue weighted by Gasteiger charge is 2.27. The molecule has 6 heteroatoms. The molecule has 23 heavy (non-hydrogen) atoms. The lowest BCUT2D eigenvalue weighted by atomic mass is 9.95. The molecule has 1 aromatic carbocycles. The van der Waals surface area contributed by atoms with Crippen LogP contribution in [0.5, 0.6) is 5.75 Å². The molecule has 4 rings (SSSR count). The second kappa shape index (κ2) is 5.22. The van der Waals surface area contributed by atoms with Crippen LogP contribution >= 0.6 is 0 Å². The van der Waals surface area contributed by atoms with E-state index in [1.54, 1.807) is 0 Å². The van der Waals surface area contributed by atoms with E-state index >= 15 is 0 Å². The van der Waals surface area contributed by atoms with Gasteiger partial charge in [0.15, 0.2) is 5.65 Å². The van der Waals surface area contributed by atoms with Gasteiger partial charge in [-0.15, -0.1) is 10.2 Å². The number of rotatable bonds is 3. The number of benzene rings is 1. The molecule has 0 radical (unpaired) electrons. The number of aromatic carboxylic acids is 1. The van der Waals surface area contributed by atoms with Gasteiger partial charge in [0.05, 0.1) is 12.1 Å². The average Bonchev–Trinajstić information content (AvgIpc) is 2.90. The minimum atomic E-state index is -0.930. The molecule has 2 heterocycles. The zero-order valence-corrected chi connectivity index (χ0v) is 12.9. The molecule has 0 amide bonds. The summed E-state index contributed by atoms with van der Waals surface area (Å²) in [5.41, 5.74) is 4.29. The van der Waals surface area contributed by atoms with E-state index in [1.807, 2.05) is 29.5 Å². The summed E-state index contributed by atoms with van der Waals surface area (Å²) in [4.78, 5) is 11.7. The van der Waals surface area contributed by atoms with Crippen molar-refractivity contribution in [1.82, 2.24) is 14.6 Å². The van der Waals surface area contributed by atoms with Gasteiger partial charge >= 0.3 is 5.97 Å². The van der Waals surface area contributed by atoms with Crippen LogP contribution < -0.4 is 4.74 Å². The van der Waals surface area contributed by atoms with E-state index in [0.717, 1.165) is 53.7 Å². The van der Waals surface area contributed by atoms with Gasteiger partial charge < -0.3 is 9.84 Å². The number of nitrogens with zero attached hydrogens (tertiary/aromatic N) is 3. The molecule has 1 aliphatic rings. The molecule has 0 atom stereocenters. The van der Waals surface area contributed by atoms with Crippen LogP contribution in [0.4, 0.5) is 0 Å². The van der Waals surface area contributed by atoms with Gasteiger partial charge in [-0.3, -0.25) is 4.40 Å². The van der Waals surface area contributed by atoms with Gasteiger partial charge in [0.25, 0.3) is 0 Å². The Bertz CT molecular complexity index is 930. The Hall–Kier alpha value is -2.63. The average molecular weight is 311 g/mol. The maximum Gasteiger partial charge on any atom is 0.339 e. The Morgan fingerprint density at radius 1 is 1.30 bits per heavy atom. The largest absolute Gasteiger partial charge is 0.494 e. The Kier molecular flexibility index (Phi) is 3.18. The van der Waals surface area contributed by atoms with Crippen LogP contribution in [0.15, 0.2) is 18.2 Å². The van der Waals surface area contributed by atoms with Crippen LogP contribution in [0.25, 0.3) is 16.7 Å². The topological polar surface area (TPSA) is 76.7 Å². The van der Waals surface area contributed by atoms with Gasteiger partial charge in [-0.05, 0) is 50.3 Å². The van der Waals surface area contributed by atoms with E-state index in [9.17, 15) is 9.90 Å². The molecule has 1 aliphatic carbocycles. The quantitative estimate of drug-likeness (QED) is 0.805. The molecule has 2 aromatic heterocycles. The lowest BCUT2D eigenvalue weighted by molar-refractivity contribution is 0.0697. The fourth-order valence-corrected chi connectivity index (χ4v) is 3.48. The summed E-state index contributed by atoms with van der Waals surface area (Å²) in [6.07, 6.45) is 3.73. The molecule has 0 unspecified atom stereocenters. The third kappa shape index (κ3) is 2.05. The molecule has 0 saturated carbocycles. The first-order valence-electron chi connectivity index (χ1n) is 7.89. The normalized spacial score (nSPS) is 14.1. The monoisotopic (exact) mass is 311 g/mol. The lowest BCUT2D eigenvalue weighted by Crippen LogP contribution is -2.06. The number of aryl methyl sites for hydroxylation is 1. The molecule has 1 N–H and O–H groups in total. The number of hydrogen-bond donors (Lipinski definition) is 1. The van der Waals surface area contributed by atoms with Crippen LogP contribution in [0.3, 0.4) is 0 Å². The van der Waals surface area contributed by atoms with Crippen LogP contribution in [0, 0.1) is 0 Å². The maximum atomic E-state index is 11.7. The fourth-order valence-electron chi connectivity index (χ4n) is 3.48. The second-order valence-electron chi connectivity index (χ2n) is 5.76. The summed E-state index contributed by atoms with van der Waals surface area (Å²) in [5, 5.41) is 18.0. The van der Waals surface area contributed by atoms with Crippen LogP contribution in [-0.4, -0.2) is 32.3 Å². The molecule has 0 bridgehead atoms. The van der Waals surface area contributed by atoms with E-state index in [2.05, 4.69) is 10.2 Å². The highest BCUT2D eigenvalue weighted by molar-refractivity contribution is 5.98. The Morgan fingerprint density at radius 3 is 2.91 bits per heavy atom. The predicted molar refractivity (Wildman–Crippen MR) is 85.3 cm³/mol. The van der Waals surface area contributed by atoms with Crippen LogP contribution in [0.2, 0.25) is 0 Å². The van der Waals surface area contributed by atoms with Gasteiger partial charge in [0.1, 0.15) is 16.8 Å². The van der Waals surface area contributed by atoms with E-state index < -0.39 is 5.97 Å². The van der Waals surface area contributed by atoms with Crippen molar-refractivity contribution >= 4 is 22.6 Å². The summed E-state index contributed by atoms with van der Waals surface area (Å²) in [7, 11) is 0. The zero-order valence-electron chi connectivity index (χ0n) is 12.9. The molecule has 0 spiro atoms. The Labute approximate surface area is 132 Å². The molecule has 118 valence electrons.